The van der Waals surface area contributed by atoms with Crippen molar-refractivity contribution >= 4 is 21.6 Å². The zero-order chi connectivity index (χ0) is 15.7. The van der Waals surface area contributed by atoms with Gasteiger partial charge < -0.3 is 9.67 Å². The van der Waals surface area contributed by atoms with Crippen molar-refractivity contribution in [2.75, 3.05) is 11.5 Å². The molecule has 1 aromatic carbocycles. The van der Waals surface area contributed by atoms with Crippen molar-refractivity contribution in [1.82, 2.24) is 14.8 Å². The summed E-state index contributed by atoms with van der Waals surface area (Å²) in [7, 11) is -3.16. The molecule has 3 rings (SSSR count). The van der Waals surface area contributed by atoms with Crippen LogP contribution in [-0.4, -0.2) is 51.1 Å². The summed E-state index contributed by atoms with van der Waals surface area (Å²) in [5, 5.41) is 18.6. The van der Waals surface area contributed by atoms with Crippen molar-refractivity contribution in [2.24, 2.45) is 0 Å². The molecule has 0 aliphatic carbocycles. The van der Waals surface area contributed by atoms with Gasteiger partial charge in [0.05, 0.1) is 22.9 Å². The van der Waals surface area contributed by atoms with Crippen LogP contribution in [0.4, 0.5) is 0 Å². The Morgan fingerprint density at radius 2 is 2.00 bits per heavy atom. The van der Waals surface area contributed by atoms with E-state index in [9.17, 15) is 13.5 Å². The molecule has 0 bridgehead atoms. The quantitative estimate of drug-likeness (QED) is 0.901. The molecule has 0 saturated carbocycles. The van der Waals surface area contributed by atoms with Gasteiger partial charge in [-0.2, -0.15) is 0 Å². The van der Waals surface area contributed by atoms with E-state index in [0.29, 0.717) is 11.7 Å². The molecule has 2 aromatic rings. The van der Waals surface area contributed by atoms with Gasteiger partial charge in [0.15, 0.2) is 20.8 Å². The smallest absolute Gasteiger partial charge is 0.191 e. The summed E-state index contributed by atoms with van der Waals surface area (Å²) in [6.45, 7) is 2.66. The maximum atomic E-state index is 11.6. The molecule has 2 atom stereocenters. The van der Waals surface area contributed by atoms with E-state index in [2.05, 4.69) is 10.2 Å². The molecule has 1 aliphatic heterocycles. The third-order valence-electron chi connectivity index (χ3n) is 3.59. The molecule has 1 N–H and O–H groups in total. The van der Waals surface area contributed by atoms with Gasteiger partial charge in [0.2, 0.25) is 0 Å². The van der Waals surface area contributed by atoms with Crippen LogP contribution in [0.2, 0.25) is 0 Å². The van der Waals surface area contributed by atoms with E-state index in [4.69, 9.17) is 0 Å². The Morgan fingerprint density at radius 3 is 2.59 bits per heavy atom. The highest BCUT2D eigenvalue weighted by Crippen LogP contribution is 2.32. The van der Waals surface area contributed by atoms with Crippen molar-refractivity contribution in [3.8, 4) is 11.4 Å². The second-order valence-electron chi connectivity index (χ2n) is 5.22. The Kier molecular flexibility index (Phi) is 4.24. The Balaban J connectivity index is 1.88. The number of aliphatic hydroxyl groups is 1. The van der Waals surface area contributed by atoms with E-state index < -0.39 is 15.9 Å². The molecule has 1 fully saturated rings. The van der Waals surface area contributed by atoms with Crippen LogP contribution in [0.25, 0.3) is 11.4 Å². The topological polar surface area (TPSA) is 85.1 Å². The minimum Gasteiger partial charge on any atom is -0.391 e. The second kappa shape index (κ2) is 6.02. The molecule has 118 valence electrons. The molecule has 1 aromatic heterocycles. The summed E-state index contributed by atoms with van der Waals surface area (Å²) in [4.78, 5) is 0. The standard InChI is InChI=1S/C14H17N3O3S2/c1-2-17-13(10-6-4-3-5-7-10)15-16-14(17)21-12-9-22(19,20)8-11(12)18/h3-7,11-12,18H,2,8-9H2,1H3/t11-,12+/m1/s1. The van der Waals surface area contributed by atoms with Crippen LogP contribution in [0.3, 0.4) is 0 Å². The number of aromatic nitrogens is 3. The van der Waals surface area contributed by atoms with E-state index in [-0.39, 0.29) is 16.8 Å². The monoisotopic (exact) mass is 339 g/mol. The predicted molar refractivity (Wildman–Crippen MR) is 85.4 cm³/mol. The zero-order valence-corrected chi connectivity index (χ0v) is 13.7. The van der Waals surface area contributed by atoms with Crippen molar-refractivity contribution < 1.29 is 13.5 Å². The van der Waals surface area contributed by atoms with E-state index in [1.807, 2.05) is 41.8 Å². The predicted octanol–water partition coefficient (Wildman–Crippen LogP) is 1.22. The number of benzene rings is 1. The van der Waals surface area contributed by atoms with Gasteiger partial charge in [-0.05, 0) is 6.92 Å². The van der Waals surface area contributed by atoms with Gasteiger partial charge in [-0.3, -0.25) is 0 Å². The molecule has 0 unspecified atom stereocenters. The minimum absolute atomic E-state index is 0.0178. The number of rotatable bonds is 4. The zero-order valence-electron chi connectivity index (χ0n) is 12.1. The summed E-state index contributed by atoms with van der Waals surface area (Å²) >= 11 is 1.29. The lowest BCUT2D eigenvalue weighted by Gasteiger charge is -2.12. The van der Waals surface area contributed by atoms with Gasteiger partial charge in [-0.25, -0.2) is 8.42 Å². The molecule has 0 spiro atoms. The summed E-state index contributed by atoms with van der Waals surface area (Å²) in [5.74, 6) is 0.563. The number of nitrogens with zero attached hydrogens (tertiary/aromatic N) is 3. The molecule has 2 heterocycles. The molecule has 8 heteroatoms. The van der Waals surface area contributed by atoms with Crippen molar-refractivity contribution in [2.45, 2.75) is 30.0 Å². The molecule has 0 radical (unpaired) electrons. The normalized spacial score (nSPS) is 23.7. The summed E-state index contributed by atoms with van der Waals surface area (Å²) < 4.78 is 25.2. The second-order valence-corrected chi connectivity index (χ2v) is 8.58. The third-order valence-corrected chi connectivity index (χ3v) is 6.82. The van der Waals surface area contributed by atoms with Crippen molar-refractivity contribution in [3.05, 3.63) is 30.3 Å². The summed E-state index contributed by atoms with van der Waals surface area (Å²) in [6.07, 6.45) is -0.850. The minimum atomic E-state index is -3.16. The van der Waals surface area contributed by atoms with Gasteiger partial charge >= 0.3 is 0 Å². The number of thioether (sulfide) groups is 1. The van der Waals surface area contributed by atoms with E-state index >= 15 is 0 Å². The SMILES string of the molecule is CCn1c(S[C@H]2CS(=O)(=O)C[C@H]2O)nnc1-c1ccccc1. The number of sulfone groups is 1. The van der Waals surface area contributed by atoms with Gasteiger partial charge in [0.1, 0.15) is 0 Å². The number of aliphatic hydroxyl groups excluding tert-OH is 1. The summed E-state index contributed by atoms with van der Waals surface area (Å²) in [5.41, 5.74) is 0.961. The highest BCUT2D eigenvalue weighted by atomic mass is 32.2. The average molecular weight is 339 g/mol. The van der Waals surface area contributed by atoms with Gasteiger partial charge in [-0.15, -0.1) is 10.2 Å². The highest BCUT2D eigenvalue weighted by molar-refractivity contribution is 8.01. The third kappa shape index (κ3) is 3.04. The van der Waals surface area contributed by atoms with Crippen LogP contribution in [0.15, 0.2) is 35.5 Å². The number of hydrogen-bond acceptors (Lipinski definition) is 6. The molecule has 22 heavy (non-hydrogen) atoms. The first-order valence-electron chi connectivity index (χ1n) is 7.04. The van der Waals surface area contributed by atoms with Crippen LogP contribution in [0.1, 0.15) is 6.92 Å². The fraction of sp³-hybridized carbons (Fsp3) is 0.429. The maximum absolute atomic E-state index is 11.6. The average Bonchev–Trinajstić information content (AvgIpc) is 3.00. The lowest BCUT2D eigenvalue weighted by molar-refractivity contribution is 0.207. The summed E-state index contributed by atoms with van der Waals surface area (Å²) in [6, 6.07) is 9.72. The molecular formula is C14H17N3O3S2. The first-order chi connectivity index (χ1) is 10.5. The van der Waals surface area contributed by atoms with Crippen LogP contribution in [-0.2, 0) is 16.4 Å². The first-order valence-corrected chi connectivity index (χ1v) is 9.74. The van der Waals surface area contributed by atoms with Gasteiger partial charge in [0.25, 0.3) is 0 Å². The lowest BCUT2D eigenvalue weighted by atomic mass is 10.2. The van der Waals surface area contributed by atoms with Crippen LogP contribution < -0.4 is 0 Å². The van der Waals surface area contributed by atoms with E-state index in [0.717, 1.165) is 11.4 Å². The van der Waals surface area contributed by atoms with Crippen molar-refractivity contribution in [3.63, 3.8) is 0 Å². The Labute approximate surface area is 133 Å². The van der Waals surface area contributed by atoms with Crippen LogP contribution >= 0.6 is 11.8 Å². The maximum Gasteiger partial charge on any atom is 0.191 e. The Hall–Kier alpha value is -1.38. The van der Waals surface area contributed by atoms with Crippen LogP contribution in [0, 0.1) is 0 Å². The van der Waals surface area contributed by atoms with Gasteiger partial charge in [0, 0.05) is 12.1 Å². The van der Waals surface area contributed by atoms with E-state index in [1.54, 1.807) is 0 Å². The molecule has 1 saturated heterocycles. The molecule has 1 aliphatic rings. The fourth-order valence-electron chi connectivity index (χ4n) is 2.51. The van der Waals surface area contributed by atoms with Gasteiger partial charge in [-0.1, -0.05) is 42.1 Å². The largest absolute Gasteiger partial charge is 0.391 e. The highest BCUT2D eigenvalue weighted by Gasteiger charge is 2.38. The van der Waals surface area contributed by atoms with Crippen LogP contribution in [0.5, 0.6) is 0 Å². The molecule has 6 nitrogen and oxygen atoms in total. The lowest BCUT2D eigenvalue weighted by Crippen LogP contribution is -2.20. The molecule has 0 amide bonds. The Bertz CT molecular complexity index is 759. The van der Waals surface area contributed by atoms with E-state index in [1.165, 1.54) is 11.8 Å². The number of hydrogen-bond donors (Lipinski definition) is 1. The Morgan fingerprint density at radius 1 is 1.27 bits per heavy atom. The van der Waals surface area contributed by atoms with Crippen molar-refractivity contribution in [1.29, 1.82) is 0 Å². The first kappa shape index (κ1) is 15.5. The molecular weight excluding hydrogens is 322 g/mol. The fourth-order valence-corrected chi connectivity index (χ4v) is 6.09.